The Morgan fingerprint density at radius 1 is 1.31 bits per heavy atom. The van der Waals surface area contributed by atoms with Gasteiger partial charge in [-0.25, -0.2) is 0 Å². The molecule has 0 aliphatic carbocycles. The van der Waals surface area contributed by atoms with Gasteiger partial charge in [0.15, 0.2) is 5.60 Å². The normalized spacial score (nSPS) is 22.0. The van der Waals surface area contributed by atoms with Gasteiger partial charge in [0.25, 0.3) is 0 Å². The maximum atomic E-state index is 12.4. The SMILES string of the molecule is O=C(O)CCN1CCC(O)(C(F)(F)F)CC1. The minimum atomic E-state index is -4.61. The van der Waals surface area contributed by atoms with Crippen LogP contribution in [0.1, 0.15) is 19.3 Å². The van der Waals surface area contributed by atoms with Gasteiger partial charge in [-0.15, -0.1) is 0 Å². The molecule has 0 amide bonds. The Labute approximate surface area is 90.7 Å². The maximum absolute atomic E-state index is 12.4. The van der Waals surface area contributed by atoms with Crippen molar-refractivity contribution in [2.75, 3.05) is 19.6 Å². The number of halogens is 3. The molecule has 7 heteroatoms. The molecule has 0 radical (unpaired) electrons. The topological polar surface area (TPSA) is 60.8 Å². The predicted molar refractivity (Wildman–Crippen MR) is 48.9 cm³/mol. The molecule has 1 rings (SSSR count). The van der Waals surface area contributed by atoms with Gasteiger partial charge in [-0.1, -0.05) is 0 Å². The lowest BCUT2D eigenvalue weighted by atomic mass is 9.91. The summed E-state index contributed by atoms with van der Waals surface area (Å²) in [6, 6.07) is 0. The van der Waals surface area contributed by atoms with Crippen LogP contribution in [0.3, 0.4) is 0 Å². The Morgan fingerprint density at radius 2 is 1.81 bits per heavy atom. The molecule has 0 saturated carbocycles. The van der Waals surface area contributed by atoms with Crippen molar-refractivity contribution in [3.05, 3.63) is 0 Å². The van der Waals surface area contributed by atoms with Crippen LogP contribution in [0.25, 0.3) is 0 Å². The van der Waals surface area contributed by atoms with E-state index < -0.39 is 30.6 Å². The van der Waals surface area contributed by atoms with Crippen LogP contribution in [0, 0.1) is 0 Å². The van der Waals surface area contributed by atoms with Crippen molar-refractivity contribution in [3.63, 3.8) is 0 Å². The molecule has 0 bridgehead atoms. The molecular weight excluding hydrogens is 227 g/mol. The molecule has 0 atom stereocenters. The summed E-state index contributed by atoms with van der Waals surface area (Å²) in [6.07, 6.45) is -5.48. The molecule has 0 spiro atoms. The molecule has 16 heavy (non-hydrogen) atoms. The van der Waals surface area contributed by atoms with Gasteiger partial charge in [0, 0.05) is 19.6 Å². The number of nitrogens with zero attached hydrogens (tertiary/aromatic N) is 1. The van der Waals surface area contributed by atoms with Crippen LogP contribution in [0.2, 0.25) is 0 Å². The van der Waals surface area contributed by atoms with E-state index in [1.165, 1.54) is 0 Å². The van der Waals surface area contributed by atoms with Crippen molar-refractivity contribution < 1.29 is 28.2 Å². The van der Waals surface area contributed by atoms with Gasteiger partial charge in [-0.3, -0.25) is 4.79 Å². The summed E-state index contributed by atoms with van der Waals surface area (Å²) in [5.41, 5.74) is -2.60. The van der Waals surface area contributed by atoms with Crippen molar-refractivity contribution in [3.8, 4) is 0 Å². The van der Waals surface area contributed by atoms with Crippen molar-refractivity contribution >= 4 is 5.97 Å². The van der Waals surface area contributed by atoms with E-state index in [0.717, 1.165) is 0 Å². The first-order valence-corrected chi connectivity index (χ1v) is 4.98. The summed E-state index contributed by atoms with van der Waals surface area (Å²) < 4.78 is 37.2. The van der Waals surface area contributed by atoms with Crippen LogP contribution in [0.15, 0.2) is 0 Å². The van der Waals surface area contributed by atoms with E-state index in [0.29, 0.717) is 0 Å². The fraction of sp³-hybridized carbons (Fsp3) is 0.889. The van der Waals surface area contributed by atoms with Gasteiger partial charge < -0.3 is 15.1 Å². The zero-order chi connectivity index (χ0) is 12.4. The Bertz CT molecular complexity index is 259. The third-order valence-corrected chi connectivity index (χ3v) is 2.85. The highest BCUT2D eigenvalue weighted by molar-refractivity contribution is 5.66. The first-order chi connectivity index (χ1) is 7.24. The number of carboxylic acids is 1. The van der Waals surface area contributed by atoms with Gasteiger partial charge >= 0.3 is 12.1 Å². The molecule has 1 saturated heterocycles. The van der Waals surface area contributed by atoms with Gasteiger partial charge in [-0.05, 0) is 12.8 Å². The fourth-order valence-corrected chi connectivity index (χ4v) is 1.68. The molecule has 0 aromatic heterocycles. The summed E-state index contributed by atoms with van der Waals surface area (Å²) in [5.74, 6) is -0.975. The third-order valence-electron chi connectivity index (χ3n) is 2.85. The van der Waals surface area contributed by atoms with Gasteiger partial charge in [0.2, 0.25) is 0 Å². The Hall–Kier alpha value is -0.820. The Balaban J connectivity index is 2.42. The summed E-state index contributed by atoms with van der Waals surface area (Å²) >= 11 is 0. The Morgan fingerprint density at radius 3 is 2.19 bits per heavy atom. The zero-order valence-electron chi connectivity index (χ0n) is 8.63. The van der Waals surface area contributed by atoms with Crippen molar-refractivity contribution in [2.45, 2.75) is 31.0 Å². The quantitative estimate of drug-likeness (QED) is 0.769. The van der Waals surface area contributed by atoms with Crippen LogP contribution in [-0.2, 0) is 4.79 Å². The number of rotatable bonds is 3. The molecule has 1 aliphatic rings. The van der Waals surface area contributed by atoms with Gasteiger partial charge in [0.05, 0.1) is 6.42 Å². The van der Waals surface area contributed by atoms with E-state index >= 15 is 0 Å². The van der Waals surface area contributed by atoms with E-state index in [-0.39, 0.29) is 26.1 Å². The minimum Gasteiger partial charge on any atom is -0.481 e. The van der Waals surface area contributed by atoms with Crippen molar-refractivity contribution in [1.82, 2.24) is 4.90 Å². The van der Waals surface area contributed by atoms with Crippen molar-refractivity contribution in [1.29, 1.82) is 0 Å². The number of piperidine rings is 1. The summed E-state index contributed by atoms with van der Waals surface area (Å²) in [5, 5.41) is 17.8. The van der Waals surface area contributed by atoms with Crippen LogP contribution in [0.5, 0.6) is 0 Å². The largest absolute Gasteiger partial charge is 0.481 e. The molecular formula is C9H14F3NO3. The highest BCUT2D eigenvalue weighted by Gasteiger charge is 2.54. The van der Waals surface area contributed by atoms with E-state index in [4.69, 9.17) is 5.11 Å². The number of hydrogen-bond donors (Lipinski definition) is 2. The second-order valence-corrected chi connectivity index (χ2v) is 4.01. The van der Waals surface area contributed by atoms with Crippen LogP contribution in [0.4, 0.5) is 13.2 Å². The summed E-state index contributed by atoms with van der Waals surface area (Å²) in [7, 11) is 0. The standard InChI is InChI=1S/C9H14F3NO3/c10-9(11,12)8(16)2-5-13(6-3-8)4-1-7(14)15/h16H,1-6H2,(H,14,15). The number of carbonyl (C=O) groups is 1. The second-order valence-electron chi connectivity index (χ2n) is 4.01. The van der Waals surface area contributed by atoms with E-state index in [2.05, 4.69) is 0 Å². The molecule has 1 fully saturated rings. The lowest BCUT2D eigenvalue weighted by Crippen LogP contribution is -2.53. The zero-order valence-corrected chi connectivity index (χ0v) is 8.63. The van der Waals surface area contributed by atoms with Crippen LogP contribution >= 0.6 is 0 Å². The molecule has 1 heterocycles. The number of likely N-dealkylation sites (tertiary alicyclic amines) is 1. The monoisotopic (exact) mass is 241 g/mol. The smallest absolute Gasteiger partial charge is 0.417 e. The number of hydrogen-bond acceptors (Lipinski definition) is 3. The van der Waals surface area contributed by atoms with Gasteiger partial charge in [0.1, 0.15) is 0 Å². The molecule has 94 valence electrons. The van der Waals surface area contributed by atoms with E-state index in [1.54, 1.807) is 4.90 Å². The first-order valence-electron chi connectivity index (χ1n) is 4.98. The van der Waals surface area contributed by atoms with Crippen LogP contribution in [-0.4, -0.2) is 52.5 Å². The third kappa shape index (κ3) is 3.08. The van der Waals surface area contributed by atoms with E-state index in [1.807, 2.05) is 0 Å². The number of aliphatic carboxylic acids is 1. The highest BCUT2D eigenvalue weighted by atomic mass is 19.4. The van der Waals surface area contributed by atoms with E-state index in [9.17, 15) is 23.1 Å². The summed E-state index contributed by atoms with van der Waals surface area (Å²) in [6.45, 7) is 0.371. The highest BCUT2D eigenvalue weighted by Crippen LogP contribution is 2.38. The fourth-order valence-electron chi connectivity index (χ4n) is 1.68. The lowest BCUT2D eigenvalue weighted by Gasteiger charge is -2.38. The molecule has 1 aliphatic heterocycles. The lowest BCUT2D eigenvalue weighted by molar-refractivity contribution is -0.272. The minimum absolute atomic E-state index is 0.0727. The van der Waals surface area contributed by atoms with Crippen LogP contribution < -0.4 is 0 Å². The molecule has 4 nitrogen and oxygen atoms in total. The van der Waals surface area contributed by atoms with Crippen molar-refractivity contribution in [2.24, 2.45) is 0 Å². The average molecular weight is 241 g/mol. The molecule has 2 N–H and O–H groups in total. The average Bonchev–Trinajstić information content (AvgIpc) is 2.15. The summed E-state index contributed by atoms with van der Waals surface area (Å²) in [4.78, 5) is 11.9. The number of aliphatic hydroxyl groups is 1. The Kier molecular flexibility index (Phi) is 3.80. The maximum Gasteiger partial charge on any atom is 0.417 e. The molecule has 0 aromatic rings. The molecule has 0 unspecified atom stereocenters. The number of carboxylic acid groups (broad SMARTS) is 1. The predicted octanol–water partition coefficient (Wildman–Crippen LogP) is 0.850. The number of alkyl halides is 3. The first kappa shape index (κ1) is 13.2. The molecule has 0 aromatic carbocycles. The van der Waals surface area contributed by atoms with Gasteiger partial charge in [-0.2, -0.15) is 13.2 Å². The second kappa shape index (κ2) is 4.58.